The summed E-state index contributed by atoms with van der Waals surface area (Å²) in [6.45, 7) is 27.9. The highest BCUT2D eigenvalue weighted by atomic mass is 32.2. The van der Waals surface area contributed by atoms with E-state index < -0.39 is 15.7 Å². The number of aryl methyl sites for hydroxylation is 1. The molecule has 0 radical (unpaired) electrons. The summed E-state index contributed by atoms with van der Waals surface area (Å²) in [5, 5.41) is 4.98. The van der Waals surface area contributed by atoms with Crippen molar-refractivity contribution < 1.29 is 22.4 Å². The minimum atomic E-state index is -3.57. The highest BCUT2D eigenvalue weighted by molar-refractivity contribution is 7.90. The van der Waals surface area contributed by atoms with E-state index in [-0.39, 0.29) is 22.3 Å². The van der Waals surface area contributed by atoms with Gasteiger partial charge in [0.2, 0.25) is 5.91 Å². The first-order valence-electron chi connectivity index (χ1n) is 36.0. The highest BCUT2D eigenvalue weighted by Crippen LogP contribution is 2.40. The maximum Gasteiger partial charge on any atom is 0.255 e. The van der Waals surface area contributed by atoms with Crippen molar-refractivity contribution in [2.24, 2.45) is 0 Å². The number of hydrogen-bond acceptors (Lipinski definition) is 12. The van der Waals surface area contributed by atoms with Gasteiger partial charge in [0, 0.05) is 138 Å². The number of hydrogen-bond donors (Lipinski definition) is 2. The first-order chi connectivity index (χ1) is 51.2. The van der Waals surface area contributed by atoms with Gasteiger partial charge >= 0.3 is 0 Å². The Labute approximate surface area is 628 Å². The lowest BCUT2D eigenvalue weighted by Crippen LogP contribution is -2.20. The van der Waals surface area contributed by atoms with Crippen LogP contribution in [0.25, 0.3) is 72.5 Å². The van der Waals surface area contributed by atoms with Crippen LogP contribution in [0, 0.1) is 12.7 Å². The van der Waals surface area contributed by atoms with Crippen LogP contribution in [-0.2, 0) is 27.6 Å². The lowest BCUT2D eigenvalue weighted by molar-refractivity contribution is -0.117. The zero-order valence-electron chi connectivity index (χ0n) is 63.4. The van der Waals surface area contributed by atoms with Gasteiger partial charge in [-0.25, -0.2) is 12.8 Å². The Morgan fingerprint density at radius 2 is 1.01 bits per heavy atom. The number of halogens is 1. The van der Waals surface area contributed by atoms with Crippen molar-refractivity contribution in [3.05, 3.63) is 310 Å². The quantitative estimate of drug-likeness (QED) is 0.124. The number of fused-ring (bicyclic) bond motifs is 4. The van der Waals surface area contributed by atoms with Gasteiger partial charge in [-0.2, -0.15) is 0 Å². The summed E-state index contributed by atoms with van der Waals surface area (Å²) in [5.41, 5.74) is 24.1. The molecule has 17 heteroatoms. The maximum absolute atomic E-state index is 13.5. The summed E-state index contributed by atoms with van der Waals surface area (Å²) in [7, 11) is 0.105. The van der Waals surface area contributed by atoms with Crippen molar-refractivity contribution in [1.82, 2.24) is 39.8 Å². The zero-order chi connectivity index (χ0) is 76.8. The molecule has 3 aliphatic heterocycles. The average molecular weight is 1450 g/mol. The van der Waals surface area contributed by atoms with Gasteiger partial charge in [-0.05, 0) is 183 Å². The third-order valence-corrected chi connectivity index (χ3v) is 19.7. The van der Waals surface area contributed by atoms with E-state index in [4.69, 9.17) is 0 Å². The Bertz CT molecular complexity index is 5420. The second kappa shape index (κ2) is 34.9. The molecular weight excluding hydrogens is 1350 g/mol. The van der Waals surface area contributed by atoms with E-state index in [9.17, 15) is 27.2 Å². The molecule has 0 unspecified atom stereocenters. The fraction of sp³-hybridized carbons (Fsp3) is 0.233. The summed E-state index contributed by atoms with van der Waals surface area (Å²) >= 11 is 0. The topological polar surface area (TPSA) is 197 Å². The molecule has 0 spiro atoms. The molecule has 7 aromatic heterocycles. The number of likely N-dealkylation sites (N-methyl/N-ethyl adjacent to an activating group) is 1. The van der Waals surface area contributed by atoms with Crippen molar-refractivity contribution >= 4 is 49.9 Å². The molecule has 2 amide bonds. The number of carbonyl (C=O) groups excluding carboxylic acids is 2. The molecule has 107 heavy (non-hydrogen) atoms. The molecule has 0 saturated carbocycles. The Balaban J connectivity index is 0.000000139. The summed E-state index contributed by atoms with van der Waals surface area (Å²) in [6, 6.07) is 56.4. The Morgan fingerprint density at radius 3 is 1.57 bits per heavy atom. The molecule has 12 aromatic rings. The van der Waals surface area contributed by atoms with Gasteiger partial charge in [0.15, 0.2) is 9.84 Å². The van der Waals surface area contributed by atoms with Crippen molar-refractivity contribution in [2.75, 3.05) is 30.6 Å². The van der Waals surface area contributed by atoms with Crippen LogP contribution in [0.5, 0.6) is 0 Å². The van der Waals surface area contributed by atoms with Gasteiger partial charge in [0.25, 0.3) is 11.5 Å². The molecule has 15 rings (SSSR count). The molecular formula is C90H93FN10O5S. The first kappa shape index (κ1) is 77.9. The average Bonchev–Trinajstić information content (AvgIpc) is 1.68. The second-order valence-electron chi connectivity index (χ2n) is 28.2. The lowest BCUT2D eigenvalue weighted by atomic mass is 9.93. The SMILES string of the molecule is C=C1C=Cc2ccc(-c3cccnc3C(C)C)cc2N1.CC(C)c1ccccn1.CC(C)c1ncccc1-c1ccc2c(c1)CN(C)C2=O.CC(C)c1ncccc1-c1ccc2cc[nH]c(=O)c2c1.CC(C)c1ncccc1-c1cccc2c1CC(=O)N2C.Cc1ncccc1-c1ccc(F)c(S(C)(=O)=O)c1. The molecule has 2 N–H and O–H groups in total. The number of allylic oxidation sites excluding steroid dienone is 1. The fourth-order valence-corrected chi connectivity index (χ4v) is 13.8. The third kappa shape index (κ3) is 18.9. The minimum Gasteiger partial charge on any atom is -0.356 e. The molecule has 0 fully saturated rings. The van der Waals surface area contributed by atoms with Crippen LogP contribution < -0.4 is 15.8 Å². The van der Waals surface area contributed by atoms with E-state index >= 15 is 0 Å². The fourth-order valence-electron chi connectivity index (χ4n) is 13.0. The van der Waals surface area contributed by atoms with Gasteiger partial charge in [-0.3, -0.25) is 44.3 Å². The highest BCUT2D eigenvalue weighted by Gasteiger charge is 2.29. The number of amides is 2. The Hall–Kier alpha value is -11.7. The van der Waals surface area contributed by atoms with Gasteiger partial charge in [0.05, 0.1) is 29.2 Å². The molecule has 3 aliphatic rings. The summed E-state index contributed by atoms with van der Waals surface area (Å²) in [5.74, 6) is 1.57. The molecule has 0 bridgehead atoms. The molecule has 0 atom stereocenters. The number of anilines is 2. The van der Waals surface area contributed by atoms with Gasteiger partial charge in [-0.15, -0.1) is 0 Å². The van der Waals surface area contributed by atoms with Crippen molar-refractivity contribution in [3.8, 4) is 55.6 Å². The zero-order valence-corrected chi connectivity index (χ0v) is 64.2. The van der Waals surface area contributed by atoms with Crippen molar-refractivity contribution in [3.63, 3.8) is 0 Å². The maximum atomic E-state index is 13.5. The first-order valence-corrected chi connectivity index (χ1v) is 37.9. The standard InChI is InChI=1S/C18H18N2.2C17H18N2O.C17H16N2O.C13H12FNO2S.C8H11N/c1-12(2)18-16(5-4-10-19-18)15-9-8-14-7-6-13(3)20-17(14)11-15;1-11(2)17-13(7-5-9-18-17)12-6-4-8-15-14(12)10-16(20)19(15)3;1-11(2)16-14(5-4-8-18-16)12-6-7-15-13(9-12)10-19(3)17(15)20;1-11(2)16-14(4-3-8-18-16)13-6-5-12-7-9-19-17(20)15(12)10-13;1-9-11(4-3-7-15-9)10-5-6-12(14)13(8-10)18(2,16)17;1-7(2)8-5-3-4-6-9-8/h4-12,20H,3H2,1-2H3;2*4-9,11H,10H2,1-3H3;3-11H,1-2H3,(H,19,20);3-8H,1-2H3;3-7H,1-2H3. The summed E-state index contributed by atoms with van der Waals surface area (Å²) < 4.78 is 36.4. The predicted octanol–water partition coefficient (Wildman–Crippen LogP) is 20.2. The Kier molecular flexibility index (Phi) is 25.4. The van der Waals surface area contributed by atoms with E-state index in [0.29, 0.717) is 53.5 Å². The second-order valence-corrected chi connectivity index (χ2v) is 30.2. The van der Waals surface area contributed by atoms with E-state index in [0.717, 1.165) is 125 Å². The number of sulfone groups is 1. The van der Waals surface area contributed by atoms with Crippen LogP contribution >= 0.6 is 0 Å². The Morgan fingerprint density at radius 1 is 0.495 bits per heavy atom. The number of benzene rings is 5. The third-order valence-electron chi connectivity index (χ3n) is 18.6. The van der Waals surface area contributed by atoms with Gasteiger partial charge < -0.3 is 20.1 Å². The van der Waals surface area contributed by atoms with Crippen LogP contribution in [0.2, 0.25) is 0 Å². The predicted molar refractivity (Wildman–Crippen MR) is 434 cm³/mol. The number of rotatable bonds is 11. The summed E-state index contributed by atoms with van der Waals surface area (Å²) in [4.78, 5) is 68.0. The smallest absolute Gasteiger partial charge is 0.255 e. The number of aromatic nitrogens is 7. The lowest BCUT2D eigenvalue weighted by Gasteiger charge is -2.17. The van der Waals surface area contributed by atoms with Crippen molar-refractivity contribution in [1.29, 1.82) is 0 Å². The molecule has 0 saturated heterocycles. The number of H-pyrrole nitrogens is 1. The van der Waals surface area contributed by atoms with E-state index in [2.05, 4.69) is 177 Å². The molecule has 0 aliphatic carbocycles. The van der Waals surface area contributed by atoms with Gasteiger partial charge in [0.1, 0.15) is 10.7 Å². The monoisotopic (exact) mass is 1440 g/mol. The van der Waals surface area contributed by atoms with Crippen LogP contribution in [0.4, 0.5) is 15.8 Å². The van der Waals surface area contributed by atoms with Crippen LogP contribution in [-0.4, -0.2) is 80.4 Å². The number of aromatic amines is 1. The molecule has 546 valence electrons. The molecule has 10 heterocycles. The number of carbonyl (C=O) groups is 2. The van der Waals surface area contributed by atoms with Crippen LogP contribution in [0.3, 0.4) is 0 Å². The minimum absolute atomic E-state index is 0.0562. The number of nitrogens with one attached hydrogen (secondary N) is 2. The number of nitrogens with zero attached hydrogens (tertiary/aromatic N) is 8. The molecule has 15 nitrogen and oxygen atoms in total. The van der Waals surface area contributed by atoms with Gasteiger partial charge in [-0.1, -0.05) is 167 Å². The normalized spacial score (nSPS) is 12.6. The largest absolute Gasteiger partial charge is 0.356 e. The van der Waals surface area contributed by atoms with Crippen LogP contribution in [0.1, 0.15) is 160 Å². The van der Waals surface area contributed by atoms with E-state index in [1.807, 2.05) is 155 Å². The van der Waals surface area contributed by atoms with E-state index in [1.165, 1.54) is 22.8 Å². The number of pyridine rings is 7. The van der Waals surface area contributed by atoms with Crippen LogP contribution in [0.15, 0.2) is 247 Å². The summed E-state index contributed by atoms with van der Waals surface area (Å²) in [6.07, 6.45) is 18.1. The van der Waals surface area contributed by atoms with E-state index in [1.54, 1.807) is 34.3 Å². The molecule has 5 aromatic carbocycles. The van der Waals surface area contributed by atoms with Crippen molar-refractivity contribution in [2.45, 2.75) is 124 Å².